The first-order valence-electron chi connectivity index (χ1n) is 4.54. The van der Waals surface area contributed by atoms with Crippen molar-refractivity contribution in [3.63, 3.8) is 0 Å². The number of methoxy groups -OCH3 is 1. The Labute approximate surface area is 92.9 Å². The maximum atomic E-state index is 10.8. The number of carbonyl (C=O) groups excluding carboxylic acids is 2. The molecule has 0 unspecified atom stereocenters. The molecule has 2 amide bonds. The predicted octanol–water partition coefficient (Wildman–Crippen LogP) is 1.36. The van der Waals surface area contributed by atoms with E-state index in [4.69, 9.17) is 5.73 Å². The molecular weight excluding hydrogens is 208 g/mol. The molecule has 1 aromatic rings. The number of amides is 2. The lowest BCUT2D eigenvalue weighted by atomic mass is 10.2. The molecule has 5 heteroatoms. The van der Waals surface area contributed by atoms with Gasteiger partial charge in [-0.1, -0.05) is 12.1 Å². The average molecular weight is 220 g/mol. The summed E-state index contributed by atoms with van der Waals surface area (Å²) in [6.07, 6.45) is 2.88. The first-order valence-corrected chi connectivity index (χ1v) is 4.54. The van der Waals surface area contributed by atoms with Gasteiger partial charge in [0.15, 0.2) is 0 Å². The zero-order valence-electron chi connectivity index (χ0n) is 8.77. The smallest absolute Gasteiger partial charge is 0.330 e. The number of ether oxygens (including phenoxy) is 1. The SMILES string of the molecule is COC(=O)C=Cc1cccc(NC(N)=O)c1. The minimum atomic E-state index is -0.630. The summed E-state index contributed by atoms with van der Waals surface area (Å²) in [5.41, 5.74) is 6.31. The lowest BCUT2D eigenvalue weighted by Gasteiger charge is -2.01. The molecule has 1 rings (SSSR count). The van der Waals surface area contributed by atoms with Crippen molar-refractivity contribution in [2.45, 2.75) is 0 Å². The van der Waals surface area contributed by atoms with Gasteiger partial charge < -0.3 is 15.8 Å². The van der Waals surface area contributed by atoms with Crippen LogP contribution in [-0.2, 0) is 9.53 Å². The number of anilines is 1. The van der Waals surface area contributed by atoms with Gasteiger partial charge in [0.25, 0.3) is 0 Å². The fraction of sp³-hybridized carbons (Fsp3) is 0.0909. The molecule has 84 valence electrons. The monoisotopic (exact) mass is 220 g/mol. The number of esters is 1. The van der Waals surface area contributed by atoms with Gasteiger partial charge in [-0.15, -0.1) is 0 Å². The number of primary amides is 1. The number of rotatable bonds is 3. The van der Waals surface area contributed by atoms with Crippen LogP contribution in [0.25, 0.3) is 6.08 Å². The molecule has 0 aliphatic rings. The lowest BCUT2D eigenvalue weighted by Crippen LogP contribution is -2.19. The Bertz CT molecular complexity index is 427. The van der Waals surface area contributed by atoms with Gasteiger partial charge in [0.2, 0.25) is 0 Å². The molecule has 0 fully saturated rings. The minimum Gasteiger partial charge on any atom is -0.466 e. The molecule has 0 heterocycles. The van der Waals surface area contributed by atoms with E-state index in [1.54, 1.807) is 30.3 Å². The molecule has 3 N–H and O–H groups in total. The summed E-state index contributed by atoms with van der Waals surface area (Å²) in [4.78, 5) is 21.5. The summed E-state index contributed by atoms with van der Waals surface area (Å²) in [5.74, 6) is -0.437. The summed E-state index contributed by atoms with van der Waals surface area (Å²) in [7, 11) is 1.30. The third-order valence-corrected chi connectivity index (χ3v) is 1.77. The Balaban J connectivity index is 2.78. The Morgan fingerprint density at radius 2 is 2.19 bits per heavy atom. The molecule has 0 aliphatic carbocycles. The van der Waals surface area contributed by atoms with Crippen molar-refractivity contribution in [3.8, 4) is 0 Å². The number of hydrogen-bond acceptors (Lipinski definition) is 3. The minimum absolute atomic E-state index is 0.437. The van der Waals surface area contributed by atoms with E-state index in [1.165, 1.54) is 13.2 Å². The normalized spacial score (nSPS) is 10.1. The molecule has 5 nitrogen and oxygen atoms in total. The maximum Gasteiger partial charge on any atom is 0.330 e. The zero-order chi connectivity index (χ0) is 12.0. The first-order chi connectivity index (χ1) is 7.61. The summed E-state index contributed by atoms with van der Waals surface area (Å²) >= 11 is 0. The van der Waals surface area contributed by atoms with E-state index in [9.17, 15) is 9.59 Å². The van der Waals surface area contributed by atoms with E-state index in [0.29, 0.717) is 5.69 Å². The van der Waals surface area contributed by atoms with Gasteiger partial charge in [-0.05, 0) is 23.8 Å². The molecule has 16 heavy (non-hydrogen) atoms. The van der Waals surface area contributed by atoms with Crippen molar-refractivity contribution in [3.05, 3.63) is 35.9 Å². The Morgan fingerprint density at radius 3 is 2.81 bits per heavy atom. The van der Waals surface area contributed by atoms with E-state index in [1.807, 2.05) is 0 Å². The van der Waals surface area contributed by atoms with Gasteiger partial charge in [-0.2, -0.15) is 0 Å². The Kier molecular flexibility index (Phi) is 4.08. The number of benzene rings is 1. The quantitative estimate of drug-likeness (QED) is 0.596. The standard InChI is InChI=1S/C11H12N2O3/c1-16-10(14)6-5-8-3-2-4-9(7-8)13-11(12)15/h2-7H,1H3,(H3,12,13,15). The van der Waals surface area contributed by atoms with E-state index < -0.39 is 12.0 Å². The Morgan fingerprint density at radius 1 is 1.44 bits per heavy atom. The molecule has 0 bridgehead atoms. The van der Waals surface area contributed by atoms with E-state index in [2.05, 4.69) is 10.1 Å². The van der Waals surface area contributed by atoms with Crippen molar-refractivity contribution >= 4 is 23.8 Å². The highest BCUT2D eigenvalue weighted by Gasteiger charge is 1.97. The largest absolute Gasteiger partial charge is 0.466 e. The fourth-order valence-corrected chi connectivity index (χ4v) is 1.09. The highest BCUT2D eigenvalue weighted by atomic mass is 16.5. The van der Waals surface area contributed by atoms with Gasteiger partial charge in [0, 0.05) is 11.8 Å². The number of nitrogens with one attached hydrogen (secondary N) is 1. The van der Waals surface area contributed by atoms with Gasteiger partial charge in [-0.25, -0.2) is 9.59 Å². The van der Waals surface area contributed by atoms with Crippen molar-refractivity contribution in [2.75, 3.05) is 12.4 Å². The highest BCUT2D eigenvalue weighted by molar-refractivity contribution is 5.89. The topological polar surface area (TPSA) is 81.4 Å². The molecule has 0 atom stereocenters. The number of urea groups is 1. The molecule has 0 aliphatic heterocycles. The van der Waals surface area contributed by atoms with Crippen molar-refractivity contribution in [1.29, 1.82) is 0 Å². The molecule has 0 spiro atoms. The first kappa shape index (κ1) is 11.8. The van der Waals surface area contributed by atoms with Gasteiger partial charge in [-0.3, -0.25) is 0 Å². The maximum absolute atomic E-state index is 10.8. The van der Waals surface area contributed by atoms with Crippen LogP contribution in [0.2, 0.25) is 0 Å². The predicted molar refractivity (Wildman–Crippen MR) is 60.7 cm³/mol. The fourth-order valence-electron chi connectivity index (χ4n) is 1.09. The molecule has 0 saturated carbocycles. The second-order valence-corrected chi connectivity index (χ2v) is 2.97. The number of hydrogen-bond donors (Lipinski definition) is 2. The van der Waals surface area contributed by atoms with E-state index >= 15 is 0 Å². The second-order valence-electron chi connectivity index (χ2n) is 2.97. The third-order valence-electron chi connectivity index (χ3n) is 1.77. The zero-order valence-corrected chi connectivity index (χ0v) is 8.77. The van der Waals surface area contributed by atoms with Crippen LogP contribution in [0.5, 0.6) is 0 Å². The van der Waals surface area contributed by atoms with Crippen molar-refractivity contribution < 1.29 is 14.3 Å². The van der Waals surface area contributed by atoms with Crippen LogP contribution in [0.1, 0.15) is 5.56 Å². The van der Waals surface area contributed by atoms with Gasteiger partial charge >= 0.3 is 12.0 Å². The highest BCUT2D eigenvalue weighted by Crippen LogP contribution is 2.11. The van der Waals surface area contributed by atoms with Crippen molar-refractivity contribution in [1.82, 2.24) is 0 Å². The van der Waals surface area contributed by atoms with Crippen LogP contribution in [0.4, 0.5) is 10.5 Å². The van der Waals surface area contributed by atoms with Crippen molar-refractivity contribution in [2.24, 2.45) is 5.73 Å². The van der Waals surface area contributed by atoms with Crippen LogP contribution in [0.15, 0.2) is 30.3 Å². The molecular formula is C11H12N2O3. The van der Waals surface area contributed by atoms with Crippen LogP contribution in [-0.4, -0.2) is 19.1 Å². The third kappa shape index (κ3) is 3.83. The number of nitrogens with two attached hydrogens (primary N) is 1. The summed E-state index contributed by atoms with van der Waals surface area (Å²) in [6.45, 7) is 0. The molecule has 0 radical (unpaired) electrons. The second kappa shape index (κ2) is 5.55. The Hall–Kier alpha value is -2.30. The van der Waals surface area contributed by atoms with Gasteiger partial charge in [0.1, 0.15) is 0 Å². The lowest BCUT2D eigenvalue weighted by molar-refractivity contribution is -0.134. The van der Waals surface area contributed by atoms with Crippen LogP contribution >= 0.6 is 0 Å². The summed E-state index contributed by atoms with van der Waals surface area (Å²) in [5, 5.41) is 2.44. The van der Waals surface area contributed by atoms with Crippen LogP contribution < -0.4 is 11.1 Å². The molecule has 0 aromatic heterocycles. The van der Waals surface area contributed by atoms with E-state index in [0.717, 1.165) is 5.56 Å². The van der Waals surface area contributed by atoms with E-state index in [-0.39, 0.29) is 0 Å². The molecule has 0 saturated heterocycles. The average Bonchev–Trinajstić information content (AvgIpc) is 2.25. The van der Waals surface area contributed by atoms with Crippen LogP contribution in [0.3, 0.4) is 0 Å². The summed E-state index contributed by atoms with van der Waals surface area (Å²) in [6, 6.07) is 6.27. The van der Waals surface area contributed by atoms with Crippen LogP contribution in [0, 0.1) is 0 Å². The summed E-state index contributed by atoms with van der Waals surface area (Å²) < 4.78 is 4.45. The molecule has 1 aromatic carbocycles. The number of carbonyl (C=O) groups is 2. The van der Waals surface area contributed by atoms with Gasteiger partial charge in [0.05, 0.1) is 7.11 Å².